The van der Waals surface area contributed by atoms with Crippen molar-refractivity contribution >= 4 is 28.4 Å². The molecule has 8 heteroatoms. The maximum atomic E-state index is 13.4. The van der Waals surface area contributed by atoms with Gasteiger partial charge in [-0.2, -0.15) is 5.10 Å². The predicted molar refractivity (Wildman–Crippen MR) is 135 cm³/mol. The molecule has 6 nitrogen and oxygen atoms in total. The van der Waals surface area contributed by atoms with E-state index in [1.54, 1.807) is 0 Å². The van der Waals surface area contributed by atoms with E-state index < -0.39 is 0 Å². The zero-order valence-electron chi connectivity index (χ0n) is 20.0. The van der Waals surface area contributed by atoms with Gasteiger partial charge in [-0.05, 0) is 62.6 Å². The van der Waals surface area contributed by atoms with E-state index in [1.165, 1.54) is 17.7 Å². The van der Waals surface area contributed by atoms with E-state index in [4.69, 9.17) is 16.3 Å². The Hall–Kier alpha value is -2.74. The second-order valence-corrected chi connectivity index (χ2v) is 10.2. The third-order valence-corrected chi connectivity index (χ3v) is 7.12. The summed E-state index contributed by atoms with van der Waals surface area (Å²) < 4.78 is 21.0. The molecular weight excluding hydrogens is 467 g/mol. The molecule has 2 bridgehead atoms. The van der Waals surface area contributed by atoms with E-state index in [0.717, 1.165) is 35.9 Å². The van der Waals surface area contributed by atoms with Crippen LogP contribution in [0.3, 0.4) is 0 Å². The first-order valence-electron chi connectivity index (χ1n) is 12.1. The third kappa shape index (κ3) is 5.27. The molecule has 2 saturated heterocycles. The van der Waals surface area contributed by atoms with E-state index in [2.05, 4.69) is 21.4 Å². The summed E-state index contributed by atoms with van der Waals surface area (Å²) in [4.78, 5) is 15.8. The molecule has 3 aromatic rings. The van der Waals surface area contributed by atoms with Crippen LogP contribution in [0, 0.1) is 5.82 Å². The summed E-state index contributed by atoms with van der Waals surface area (Å²) in [7, 11) is 0. The Balaban J connectivity index is 1.32. The van der Waals surface area contributed by atoms with Gasteiger partial charge in [-0.25, -0.2) is 4.39 Å². The average molecular weight is 497 g/mol. The number of aromatic nitrogens is 2. The lowest BCUT2D eigenvalue weighted by molar-refractivity contribution is -0.0843. The standard InChI is InChI=1S/C27H30ClFN4O2/c1-17(2)9-10-33-25-8-5-19(28)11-24(25)26(31-33)27(34)30-21-12-22-15-35-16-23(13-21)32(22)14-18-3-6-20(29)7-4-18/h3-9,11,21-23H,10,12-16H2,1-2H3,(H,30,34)/t21-,22-,23+. The van der Waals surface area contributed by atoms with Gasteiger partial charge in [0.05, 0.1) is 25.3 Å². The van der Waals surface area contributed by atoms with Crippen LogP contribution in [0.2, 0.25) is 5.02 Å². The molecule has 2 aliphatic rings. The number of nitrogens with zero attached hydrogens (tertiary/aromatic N) is 3. The van der Waals surface area contributed by atoms with Crippen molar-refractivity contribution in [2.45, 2.75) is 57.9 Å². The summed E-state index contributed by atoms with van der Waals surface area (Å²) >= 11 is 6.26. The van der Waals surface area contributed by atoms with Crippen molar-refractivity contribution in [1.29, 1.82) is 0 Å². The normalized spacial score (nSPS) is 22.2. The van der Waals surface area contributed by atoms with Crippen molar-refractivity contribution in [3.63, 3.8) is 0 Å². The lowest BCUT2D eigenvalue weighted by Crippen LogP contribution is -2.60. The number of fused-ring (bicyclic) bond motifs is 3. The predicted octanol–water partition coefficient (Wildman–Crippen LogP) is 4.96. The number of hydrogen-bond acceptors (Lipinski definition) is 4. The number of amides is 1. The first-order valence-corrected chi connectivity index (χ1v) is 12.4. The molecule has 2 fully saturated rings. The number of carbonyl (C=O) groups is 1. The summed E-state index contributed by atoms with van der Waals surface area (Å²) in [5.41, 5.74) is 3.56. The molecule has 1 amide bonds. The Morgan fingerprint density at radius 3 is 2.57 bits per heavy atom. The summed E-state index contributed by atoms with van der Waals surface area (Å²) in [5, 5.41) is 9.23. The summed E-state index contributed by atoms with van der Waals surface area (Å²) in [6, 6.07) is 12.6. The Labute approximate surface area is 209 Å². The number of piperidine rings is 1. The molecule has 2 aliphatic heterocycles. The molecule has 3 heterocycles. The molecule has 0 radical (unpaired) electrons. The molecule has 0 unspecified atom stereocenters. The van der Waals surface area contributed by atoms with E-state index in [-0.39, 0.29) is 29.8 Å². The number of halogens is 2. The fourth-order valence-electron chi connectivity index (χ4n) is 5.15. The summed E-state index contributed by atoms with van der Waals surface area (Å²) in [6.45, 7) is 6.67. The van der Waals surface area contributed by atoms with Crippen LogP contribution in [0.5, 0.6) is 0 Å². The minimum absolute atomic E-state index is 0.0306. The Morgan fingerprint density at radius 2 is 1.89 bits per heavy atom. The Bertz CT molecular complexity index is 1240. The van der Waals surface area contributed by atoms with Crippen molar-refractivity contribution < 1.29 is 13.9 Å². The van der Waals surface area contributed by atoms with Gasteiger partial charge in [-0.15, -0.1) is 0 Å². The van der Waals surface area contributed by atoms with Gasteiger partial charge in [0.1, 0.15) is 5.82 Å². The molecule has 0 aliphatic carbocycles. The SMILES string of the molecule is CC(C)=CCn1nc(C(=O)N[C@H]2C[C@H]3COC[C@@H](C2)N3Cc2ccc(F)cc2)c2cc(Cl)ccc21. The number of nitrogens with one attached hydrogen (secondary N) is 1. The third-order valence-electron chi connectivity index (χ3n) is 6.89. The molecule has 5 rings (SSSR count). The smallest absolute Gasteiger partial charge is 0.272 e. The summed E-state index contributed by atoms with van der Waals surface area (Å²) in [5.74, 6) is -0.403. The van der Waals surface area contributed by atoms with Gasteiger partial charge in [0.2, 0.25) is 0 Å². The highest BCUT2D eigenvalue weighted by Gasteiger charge is 2.39. The second-order valence-electron chi connectivity index (χ2n) is 9.76. The van der Waals surface area contributed by atoms with Crippen molar-refractivity contribution in [3.8, 4) is 0 Å². The highest BCUT2D eigenvalue weighted by atomic mass is 35.5. The Morgan fingerprint density at radius 1 is 1.17 bits per heavy atom. The van der Waals surface area contributed by atoms with Crippen molar-refractivity contribution in [3.05, 3.63) is 76.2 Å². The van der Waals surface area contributed by atoms with Crippen LogP contribution >= 0.6 is 11.6 Å². The van der Waals surface area contributed by atoms with Crippen molar-refractivity contribution in [2.24, 2.45) is 0 Å². The number of ether oxygens (including phenoxy) is 1. The fourth-order valence-corrected chi connectivity index (χ4v) is 5.32. The van der Waals surface area contributed by atoms with Crippen LogP contribution in [0.4, 0.5) is 4.39 Å². The molecule has 184 valence electrons. The van der Waals surface area contributed by atoms with Crippen LogP contribution in [-0.4, -0.2) is 51.9 Å². The maximum absolute atomic E-state index is 13.4. The lowest BCUT2D eigenvalue weighted by Gasteiger charge is -2.48. The van der Waals surface area contributed by atoms with Gasteiger partial charge in [0.25, 0.3) is 5.91 Å². The minimum atomic E-state index is -0.226. The number of hydrogen-bond donors (Lipinski definition) is 1. The maximum Gasteiger partial charge on any atom is 0.272 e. The van der Waals surface area contributed by atoms with Crippen LogP contribution in [0.15, 0.2) is 54.1 Å². The topological polar surface area (TPSA) is 59.4 Å². The van der Waals surface area contributed by atoms with Gasteiger partial charge >= 0.3 is 0 Å². The molecule has 3 atom stereocenters. The number of benzene rings is 2. The van der Waals surface area contributed by atoms with Gasteiger partial charge in [-0.1, -0.05) is 35.4 Å². The van der Waals surface area contributed by atoms with Crippen molar-refractivity contribution in [2.75, 3.05) is 13.2 Å². The molecule has 1 N–H and O–H groups in total. The van der Waals surface area contributed by atoms with E-state index in [1.807, 2.05) is 48.9 Å². The number of morpholine rings is 1. The second kappa shape index (κ2) is 10.1. The van der Waals surface area contributed by atoms with E-state index in [0.29, 0.717) is 30.5 Å². The molecule has 0 saturated carbocycles. The highest BCUT2D eigenvalue weighted by Crippen LogP contribution is 2.30. The quantitative estimate of drug-likeness (QED) is 0.490. The average Bonchev–Trinajstić information content (AvgIpc) is 3.17. The van der Waals surface area contributed by atoms with E-state index in [9.17, 15) is 9.18 Å². The number of rotatable bonds is 6. The van der Waals surface area contributed by atoms with Crippen LogP contribution < -0.4 is 5.32 Å². The molecule has 1 aromatic heterocycles. The first-order chi connectivity index (χ1) is 16.9. The van der Waals surface area contributed by atoms with Gasteiger partial charge in [-0.3, -0.25) is 14.4 Å². The van der Waals surface area contributed by atoms with Crippen molar-refractivity contribution in [1.82, 2.24) is 20.0 Å². The van der Waals surface area contributed by atoms with Crippen LogP contribution in [-0.2, 0) is 17.8 Å². The van der Waals surface area contributed by atoms with E-state index >= 15 is 0 Å². The fraction of sp³-hybridized carbons (Fsp3) is 0.407. The van der Waals surface area contributed by atoms with Gasteiger partial charge in [0.15, 0.2) is 5.69 Å². The van der Waals surface area contributed by atoms with Gasteiger partial charge < -0.3 is 10.1 Å². The zero-order valence-corrected chi connectivity index (χ0v) is 20.8. The minimum Gasteiger partial charge on any atom is -0.378 e. The molecule has 35 heavy (non-hydrogen) atoms. The van der Waals surface area contributed by atoms with Crippen LogP contribution in [0.1, 0.15) is 42.7 Å². The molecular formula is C27H30ClFN4O2. The first kappa shape index (κ1) is 24.0. The van der Waals surface area contributed by atoms with Crippen LogP contribution in [0.25, 0.3) is 10.9 Å². The van der Waals surface area contributed by atoms with Gasteiger partial charge in [0, 0.05) is 35.1 Å². The summed E-state index contributed by atoms with van der Waals surface area (Å²) in [6.07, 6.45) is 3.67. The lowest BCUT2D eigenvalue weighted by atomic mass is 9.89. The largest absolute Gasteiger partial charge is 0.378 e. The number of allylic oxidation sites excluding steroid dienone is 2. The highest BCUT2D eigenvalue weighted by molar-refractivity contribution is 6.31. The Kier molecular flexibility index (Phi) is 6.91. The number of carbonyl (C=O) groups excluding carboxylic acids is 1. The monoisotopic (exact) mass is 496 g/mol. The molecule has 0 spiro atoms. The zero-order chi connectivity index (χ0) is 24.5. The molecule has 2 aromatic carbocycles.